The number of aryl methyl sites for hydroxylation is 1. The fraction of sp³-hybridized carbons (Fsp3) is 0.769. The van der Waals surface area contributed by atoms with E-state index in [9.17, 15) is 0 Å². The van der Waals surface area contributed by atoms with Crippen LogP contribution in [0.15, 0.2) is 12.3 Å². The predicted octanol–water partition coefficient (Wildman–Crippen LogP) is 1.88. The zero-order chi connectivity index (χ0) is 12.3. The summed E-state index contributed by atoms with van der Waals surface area (Å²) in [6.45, 7) is 8.55. The van der Waals surface area contributed by atoms with Crippen LogP contribution in [0.1, 0.15) is 32.4 Å². The number of aromatic nitrogens is 2. The van der Waals surface area contributed by atoms with Gasteiger partial charge < -0.3 is 5.73 Å². The fourth-order valence-corrected chi connectivity index (χ4v) is 2.67. The molecular weight excluding hydrogens is 248 g/mol. The summed E-state index contributed by atoms with van der Waals surface area (Å²) in [4.78, 5) is 2.51. The Morgan fingerprint density at radius 1 is 1.56 bits per heavy atom. The smallest absolute Gasteiger partial charge is 0.0524 e. The molecule has 1 aliphatic rings. The first-order valence-corrected chi connectivity index (χ1v) is 6.69. The fourth-order valence-electron chi connectivity index (χ4n) is 2.67. The first-order chi connectivity index (χ1) is 8.20. The van der Waals surface area contributed by atoms with E-state index in [0.717, 1.165) is 19.6 Å². The highest BCUT2D eigenvalue weighted by Gasteiger charge is 2.23. The minimum Gasteiger partial charge on any atom is -0.328 e. The van der Waals surface area contributed by atoms with Gasteiger partial charge in [0.05, 0.1) is 5.69 Å². The Bertz CT molecular complexity index is 351. The molecule has 1 aromatic rings. The summed E-state index contributed by atoms with van der Waals surface area (Å²) in [6.07, 6.45) is 4.44. The molecule has 4 nitrogen and oxygen atoms in total. The van der Waals surface area contributed by atoms with Crippen LogP contribution in [-0.2, 0) is 13.1 Å². The van der Waals surface area contributed by atoms with Crippen molar-refractivity contribution in [3.05, 3.63) is 18.0 Å². The normalized spacial score (nSPS) is 22.5. The highest BCUT2D eigenvalue weighted by Crippen LogP contribution is 2.20. The highest BCUT2D eigenvalue weighted by molar-refractivity contribution is 5.85. The Kier molecular flexibility index (Phi) is 6.12. The number of halogens is 1. The summed E-state index contributed by atoms with van der Waals surface area (Å²) in [6, 6.07) is 2.44. The van der Waals surface area contributed by atoms with E-state index in [1.807, 2.05) is 6.20 Å². The highest BCUT2D eigenvalue weighted by atomic mass is 35.5. The zero-order valence-electron chi connectivity index (χ0n) is 11.4. The number of hydrogen-bond donors (Lipinski definition) is 1. The molecule has 2 atom stereocenters. The Morgan fingerprint density at radius 2 is 2.33 bits per heavy atom. The zero-order valence-corrected chi connectivity index (χ0v) is 12.2. The summed E-state index contributed by atoms with van der Waals surface area (Å²) >= 11 is 0. The summed E-state index contributed by atoms with van der Waals surface area (Å²) in [7, 11) is 0. The Balaban J connectivity index is 0.00000162. The molecule has 2 N–H and O–H groups in total. The number of nitrogens with zero attached hydrogens (tertiary/aromatic N) is 3. The van der Waals surface area contributed by atoms with Crippen LogP contribution in [0.5, 0.6) is 0 Å². The third kappa shape index (κ3) is 3.70. The number of piperidine rings is 1. The van der Waals surface area contributed by atoms with Crippen LogP contribution in [0.4, 0.5) is 0 Å². The maximum absolute atomic E-state index is 6.01. The van der Waals surface area contributed by atoms with Gasteiger partial charge in [-0.15, -0.1) is 12.4 Å². The second-order valence-electron chi connectivity index (χ2n) is 5.13. The maximum Gasteiger partial charge on any atom is 0.0524 e. The SMILES string of the molecule is CCn1nccc1CN1CCCC(C(C)N)C1.Cl. The number of likely N-dealkylation sites (tertiary alicyclic amines) is 1. The van der Waals surface area contributed by atoms with Crippen molar-refractivity contribution in [2.75, 3.05) is 13.1 Å². The Morgan fingerprint density at radius 3 is 3.00 bits per heavy atom. The summed E-state index contributed by atoms with van der Waals surface area (Å²) in [5, 5.41) is 4.32. The van der Waals surface area contributed by atoms with Crippen molar-refractivity contribution in [1.82, 2.24) is 14.7 Å². The van der Waals surface area contributed by atoms with E-state index in [2.05, 4.69) is 34.6 Å². The molecule has 0 aliphatic carbocycles. The number of hydrogen-bond acceptors (Lipinski definition) is 3. The average molecular weight is 273 g/mol. The van der Waals surface area contributed by atoms with Crippen LogP contribution in [0.25, 0.3) is 0 Å². The lowest BCUT2D eigenvalue weighted by atomic mass is 9.92. The molecule has 0 bridgehead atoms. The van der Waals surface area contributed by atoms with Gasteiger partial charge in [0.2, 0.25) is 0 Å². The standard InChI is InChI=1S/C13H24N4.ClH/c1-3-17-13(6-7-15-17)10-16-8-4-5-12(9-16)11(2)14;/h6-7,11-12H,3-5,8-10,14H2,1-2H3;1H. The molecule has 104 valence electrons. The van der Waals surface area contributed by atoms with Crippen LogP contribution in [0.2, 0.25) is 0 Å². The van der Waals surface area contributed by atoms with Gasteiger partial charge in [-0.2, -0.15) is 5.10 Å². The molecule has 0 saturated carbocycles. The number of nitrogens with two attached hydrogens (primary N) is 1. The van der Waals surface area contributed by atoms with E-state index in [1.165, 1.54) is 25.1 Å². The van der Waals surface area contributed by atoms with E-state index in [4.69, 9.17) is 5.73 Å². The van der Waals surface area contributed by atoms with Crippen LogP contribution in [-0.4, -0.2) is 33.8 Å². The minimum atomic E-state index is 0. The van der Waals surface area contributed by atoms with E-state index in [0.29, 0.717) is 12.0 Å². The molecule has 1 fully saturated rings. The molecule has 1 saturated heterocycles. The van der Waals surface area contributed by atoms with Crippen molar-refractivity contribution in [3.8, 4) is 0 Å². The van der Waals surface area contributed by atoms with Gasteiger partial charge in [-0.05, 0) is 45.2 Å². The number of rotatable bonds is 4. The van der Waals surface area contributed by atoms with Crippen LogP contribution in [0.3, 0.4) is 0 Å². The van der Waals surface area contributed by atoms with Gasteiger partial charge in [0.1, 0.15) is 0 Å². The van der Waals surface area contributed by atoms with E-state index < -0.39 is 0 Å². The molecule has 5 heteroatoms. The van der Waals surface area contributed by atoms with Gasteiger partial charge in [-0.3, -0.25) is 9.58 Å². The predicted molar refractivity (Wildman–Crippen MR) is 76.8 cm³/mol. The summed E-state index contributed by atoms with van der Waals surface area (Å²) in [5.74, 6) is 0.654. The summed E-state index contributed by atoms with van der Waals surface area (Å²) in [5.41, 5.74) is 7.33. The van der Waals surface area contributed by atoms with Crippen LogP contribution >= 0.6 is 12.4 Å². The van der Waals surface area contributed by atoms with E-state index in [-0.39, 0.29) is 12.4 Å². The second kappa shape index (κ2) is 7.12. The molecule has 0 radical (unpaired) electrons. The van der Waals surface area contributed by atoms with E-state index >= 15 is 0 Å². The largest absolute Gasteiger partial charge is 0.328 e. The lowest BCUT2D eigenvalue weighted by molar-refractivity contribution is 0.151. The minimum absolute atomic E-state index is 0. The van der Waals surface area contributed by atoms with Crippen molar-refractivity contribution in [2.24, 2.45) is 11.7 Å². The third-order valence-corrected chi connectivity index (χ3v) is 3.78. The first-order valence-electron chi connectivity index (χ1n) is 6.69. The Hall–Kier alpha value is -0.580. The van der Waals surface area contributed by atoms with E-state index in [1.54, 1.807) is 0 Å². The molecule has 2 heterocycles. The molecule has 1 aliphatic heterocycles. The van der Waals surface area contributed by atoms with Crippen molar-refractivity contribution >= 4 is 12.4 Å². The first kappa shape index (κ1) is 15.5. The molecule has 0 amide bonds. The molecule has 0 aromatic carbocycles. The van der Waals surface area contributed by atoms with Gasteiger partial charge in [0, 0.05) is 31.9 Å². The lowest BCUT2D eigenvalue weighted by Crippen LogP contribution is -2.42. The van der Waals surface area contributed by atoms with Crippen molar-refractivity contribution < 1.29 is 0 Å². The third-order valence-electron chi connectivity index (χ3n) is 3.78. The topological polar surface area (TPSA) is 47.1 Å². The second-order valence-corrected chi connectivity index (χ2v) is 5.13. The summed E-state index contributed by atoms with van der Waals surface area (Å²) < 4.78 is 2.08. The lowest BCUT2D eigenvalue weighted by Gasteiger charge is -2.34. The van der Waals surface area contributed by atoms with Crippen LogP contribution in [0, 0.1) is 5.92 Å². The monoisotopic (exact) mass is 272 g/mol. The Labute approximate surface area is 116 Å². The molecular formula is C13H25ClN4. The van der Waals surface area contributed by atoms with Crippen molar-refractivity contribution in [3.63, 3.8) is 0 Å². The average Bonchev–Trinajstić information content (AvgIpc) is 2.76. The van der Waals surface area contributed by atoms with Gasteiger partial charge >= 0.3 is 0 Å². The van der Waals surface area contributed by atoms with Crippen molar-refractivity contribution in [1.29, 1.82) is 0 Å². The van der Waals surface area contributed by atoms with Gasteiger partial charge in [-0.25, -0.2) is 0 Å². The quantitative estimate of drug-likeness (QED) is 0.911. The molecule has 18 heavy (non-hydrogen) atoms. The van der Waals surface area contributed by atoms with Crippen LogP contribution < -0.4 is 5.73 Å². The molecule has 2 rings (SSSR count). The van der Waals surface area contributed by atoms with Crippen molar-refractivity contribution in [2.45, 2.75) is 45.8 Å². The molecule has 1 aromatic heterocycles. The van der Waals surface area contributed by atoms with Gasteiger partial charge in [0.15, 0.2) is 0 Å². The molecule has 0 spiro atoms. The molecule has 2 unspecified atom stereocenters. The van der Waals surface area contributed by atoms with Gasteiger partial charge in [-0.1, -0.05) is 0 Å². The van der Waals surface area contributed by atoms with Gasteiger partial charge in [0.25, 0.3) is 0 Å². The maximum atomic E-state index is 6.01.